The zero-order valence-corrected chi connectivity index (χ0v) is 14.5. The van der Waals surface area contributed by atoms with Crippen molar-refractivity contribution >= 4 is 22.4 Å². The molecule has 0 fully saturated rings. The van der Waals surface area contributed by atoms with Crippen molar-refractivity contribution in [3.63, 3.8) is 0 Å². The second-order valence-electron chi connectivity index (χ2n) is 5.89. The smallest absolute Gasteiger partial charge is 0.230 e. The lowest BCUT2D eigenvalue weighted by molar-refractivity contribution is -0.115. The molecule has 0 bridgehead atoms. The number of aromatic nitrogens is 2. The maximum absolute atomic E-state index is 12.1. The zero-order chi connectivity index (χ0) is 16.9. The Morgan fingerprint density at radius 3 is 2.29 bits per heavy atom. The number of hydrogen-bond acceptors (Lipinski definition) is 4. The van der Waals surface area contributed by atoms with E-state index in [0.717, 1.165) is 16.1 Å². The molecule has 5 heteroatoms. The first-order chi connectivity index (χ1) is 11.6. The van der Waals surface area contributed by atoms with E-state index in [1.165, 1.54) is 16.9 Å². The van der Waals surface area contributed by atoms with Crippen LogP contribution < -0.4 is 5.32 Å². The Labute approximate surface area is 145 Å². The molecule has 0 aliphatic rings. The van der Waals surface area contributed by atoms with Gasteiger partial charge < -0.3 is 5.32 Å². The Morgan fingerprint density at radius 2 is 1.67 bits per heavy atom. The highest BCUT2D eigenvalue weighted by molar-refractivity contribution is 7.15. The molecule has 24 heavy (non-hydrogen) atoms. The molecule has 0 radical (unpaired) electrons. The fraction of sp³-hybridized carbons (Fsp3) is 0.211. The van der Waals surface area contributed by atoms with Crippen LogP contribution in [0.1, 0.15) is 30.3 Å². The van der Waals surface area contributed by atoms with Gasteiger partial charge in [0, 0.05) is 5.92 Å². The summed E-state index contributed by atoms with van der Waals surface area (Å²) in [5.74, 6) is 0.243. The molecule has 4 nitrogen and oxygen atoms in total. The first-order valence-electron chi connectivity index (χ1n) is 7.89. The fourth-order valence-corrected chi connectivity index (χ4v) is 3.07. The van der Waals surface area contributed by atoms with Crippen molar-refractivity contribution in [1.82, 2.24) is 10.2 Å². The summed E-state index contributed by atoms with van der Waals surface area (Å²) in [4.78, 5) is 12.1. The highest BCUT2D eigenvalue weighted by Gasteiger charge is 2.11. The van der Waals surface area contributed by atoms with Crippen LogP contribution in [0.25, 0.3) is 11.1 Å². The van der Waals surface area contributed by atoms with E-state index in [1.54, 1.807) is 0 Å². The molecule has 122 valence electrons. The van der Waals surface area contributed by atoms with Crippen molar-refractivity contribution in [1.29, 1.82) is 0 Å². The molecule has 2 aromatic carbocycles. The van der Waals surface area contributed by atoms with E-state index < -0.39 is 0 Å². The minimum absolute atomic E-state index is 0.0751. The highest BCUT2D eigenvalue weighted by atomic mass is 32.1. The summed E-state index contributed by atoms with van der Waals surface area (Å²) >= 11 is 1.43. The first-order valence-corrected chi connectivity index (χ1v) is 8.71. The number of hydrogen-bond donors (Lipinski definition) is 1. The van der Waals surface area contributed by atoms with Crippen LogP contribution >= 0.6 is 11.3 Å². The topological polar surface area (TPSA) is 54.9 Å². The lowest BCUT2D eigenvalue weighted by Gasteiger charge is -2.04. The van der Waals surface area contributed by atoms with Gasteiger partial charge in [-0.25, -0.2) is 0 Å². The van der Waals surface area contributed by atoms with Gasteiger partial charge in [-0.05, 0) is 16.7 Å². The van der Waals surface area contributed by atoms with E-state index in [-0.39, 0.29) is 5.91 Å². The van der Waals surface area contributed by atoms with Crippen molar-refractivity contribution in [3.05, 3.63) is 65.2 Å². The number of nitrogens with one attached hydrogen (secondary N) is 1. The largest absolute Gasteiger partial charge is 0.300 e. The van der Waals surface area contributed by atoms with E-state index in [9.17, 15) is 4.79 Å². The van der Waals surface area contributed by atoms with Crippen molar-refractivity contribution < 1.29 is 4.79 Å². The normalized spacial score (nSPS) is 10.8. The van der Waals surface area contributed by atoms with Crippen LogP contribution in [0.5, 0.6) is 0 Å². The Kier molecular flexibility index (Phi) is 5.01. The molecule has 0 aliphatic heterocycles. The van der Waals surface area contributed by atoms with Crippen LogP contribution in [-0.4, -0.2) is 16.1 Å². The predicted octanol–water partition coefficient (Wildman–Crippen LogP) is 4.51. The molecule has 0 aliphatic carbocycles. The summed E-state index contributed by atoms with van der Waals surface area (Å²) in [5, 5.41) is 12.4. The molecule has 0 unspecified atom stereocenters. The third kappa shape index (κ3) is 4.06. The van der Waals surface area contributed by atoms with Crippen molar-refractivity contribution in [2.45, 2.75) is 26.2 Å². The molecule has 0 atom stereocenters. The molecule has 1 heterocycles. The van der Waals surface area contributed by atoms with Gasteiger partial charge in [0.25, 0.3) is 0 Å². The number of nitrogens with zero attached hydrogens (tertiary/aromatic N) is 2. The van der Waals surface area contributed by atoms with E-state index in [4.69, 9.17) is 0 Å². The number of carbonyl (C=O) groups excluding carboxylic acids is 1. The molecule has 1 N–H and O–H groups in total. The predicted molar refractivity (Wildman–Crippen MR) is 98.2 cm³/mol. The van der Waals surface area contributed by atoms with E-state index in [0.29, 0.717) is 17.5 Å². The minimum atomic E-state index is -0.0751. The molecule has 0 saturated carbocycles. The molecule has 0 spiro atoms. The van der Waals surface area contributed by atoms with Crippen LogP contribution in [0.4, 0.5) is 5.13 Å². The number of benzene rings is 2. The van der Waals surface area contributed by atoms with Crippen molar-refractivity contribution in [3.8, 4) is 11.1 Å². The summed E-state index contributed by atoms with van der Waals surface area (Å²) in [6.45, 7) is 4.11. The lowest BCUT2D eigenvalue weighted by Crippen LogP contribution is -2.14. The van der Waals surface area contributed by atoms with E-state index >= 15 is 0 Å². The van der Waals surface area contributed by atoms with Gasteiger partial charge in [-0.3, -0.25) is 4.79 Å². The maximum atomic E-state index is 12.1. The van der Waals surface area contributed by atoms with Crippen LogP contribution in [0, 0.1) is 0 Å². The van der Waals surface area contributed by atoms with Crippen molar-refractivity contribution in [2.24, 2.45) is 0 Å². The van der Waals surface area contributed by atoms with E-state index in [1.807, 2.05) is 42.5 Å². The van der Waals surface area contributed by atoms with Crippen LogP contribution in [0.2, 0.25) is 0 Å². The SMILES string of the molecule is CC(C)c1nnc(NC(=O)Cc2ccc(-c3ccccc3)cc2)s1. The second kappa shape index (κ2) is 7.36. The number of anilines is 1. The number of rotatable bonds is 5. The summed E-state index contributed by atoms with van der Waals surface area (Å²) in [6, 6.07) is 18.2. The molecule has 3 aromatic rings. The molecule has 1 amide bonds. The number of amides is 1. The fourth-order valence-electron chi connectivity index (χ4n) is 2.31. The summed E-state index contributed by atoms with van der Waals surface area (Å²) in [6.07, 6.45) is 0.325. The van der Waals surface area contributed by atoms with Gasteiger partial charge >= 0.3 is 0 Å². The second-order valence-corrected chi connectivity index (χ2v) is 6.90. The maximum Gasteiger partial charge on any atom is 0.230 e. The summed E-state index contributed by atoms with van der Waals surface area (Å²) in [7, 11) is 0. The standard InChI is InChI=1S/C19H19N3OS/c1-13(2)18-21-22-19(24-18)20-17(23)12-14-8-10-16(11-9-14)15-6-4-3-5-7-15/h3-11,13H,12H2,1-2H3,(H,20,22,23). The average Bonchev–Trinajstić information content (AvgIpc) is 3.05. The van der Waals surface area contributed by atoms with Gasteiger partial charge in [-0.1, -0.05) is 79.8 Å². The molecule has 1 aromatic heterocycles. The Bertz CT molecular complexity index is 810. The molecule has 0 saturated heterocycles. The minimum Gasteiger partial charge on any atom is -0.300 e. The van der Waals surface area contributed by atoms with E-state index in [2.05, 4.69) is 41.5 Å². The van der Waals surface area contributed by atoms with Gasteiger partial charge in [0.15, 0.2) is 0 Å². The van der Waals surface area contributed by atoms with Crippen molar-refractivity contribution in [2.75, 3.05) is 5.32 Å². The van der Waals surface area contributed by atoms with Gasteiger partial charge in [-0.15, -0.1) is 10.2 Å². The summed E-state index contributed by atoms with van der Waals surface area (Å²) in [5.41, 5.74) is 3.29. The van der Waals surface area contributed by atoms with Crippen LogP contribution in [0.15, 0.2) is 54.6 Å². The van der Waals surface area contributed by atoms with Gasteiger partial charge in [0.2, 0.25) is 11.0 Å². The monoisotopic (exact) mass is 337 g/mol. The molecular weight excluding hydrogens is 318 g/mol. The Hall–Kier alpha value is -2.53. The Morgan fingerprint density at radius 1 is 1.00 bits per heavy atom. The van der Waals surface area contributed by atoms with Gasteiger partial charge in [-0.2, -0.15) is 0 Å². The zero-order valence-electron chi connectivity index (χ0n) is 13.7. The third-order valence-corrected chi connectivity index (χ3v) is 4.75. The van der Waals surface area contributed by atoms with Crippen LogP contribution in [-0.2, 0) is 11.2 Å². The Balaban J connectivity index is 1.62. The highest BCUT2D eigenvalue weighted by Crippen LogP contribution is 2.23. The lowest BCUT2D eigenvalue weighted by atomic mass is 10.0. The van der Waals surface area contributed by atoms with Crippen LogP contribution in [0.3, 0.4) is 0 Å². The molecular formula is C19H19N3OS. The third-order valence-electron chi connectivity index (χ3n) is 3.61. The first kappa shape index (κ1) is 16.3. The van der Waals surface area contributed by atoms with Gasteiger partial charge in [0.05, 0.1) is 6.42 Å². The quantitative estimate of drug-likeness (QED) is 0.745. The summed E-state index contributed by atoms with van der Waals surface area (Å²) < 4.78 is 0. The van der Waals surface area contributed by atoms with Gasteiger partial charge in [0.1, 0.15) is 5.01 Å². The number of carbonyl (C=O) groups is 1. The average molecular weight is 337 g/mol. The molecule has 3 rings (SSSR count).